The Morgan fingerprint density at radius 2 is 1.93 bits per heavy atom. The van der Waals surface area contributed by atoms with Crippen molar-refractivity contribution in [3.8, 4) is 17.3 Å². The summed E-state index contributed by atoms with van der Waals surface area (Å²) in [6.07, 6.45) is 2.53. The molecule has 0 saturated carbocycles. The molecule has 2 heterocycles. The molecule has 5 heteroatoms. The molecule has 4 aromatic rings. The van der Waals surface area contributed by atoms with Crippen molar-refractivity contribution < 1.29 is 4.39 Å². The molecule has 0 aliphatic rings. The molecule has 0 saturated heterocycles. The Balaban J connectivity index is 1.93. The lowest BCUT2D eigenvalue weighted by molar-refractivity contribution is 0.626. The van der Waals surface area contributed by atoms with E-state index in [4.69, 9.17) is 10.2 Å². The van der Waals surface area contributed by atoms with Crippen molar-refractivity contribution >= 4 is 21.6 Å². The van der Waals surface area contributed by atoms with Crippen LogP contribution in [0.2, 0.25) is 0 Å². The van der Waals surface area contributed by atoms with Gasteiger partial charge in [0.15, 0.2) is 0 Å². The van der Waals surface area contributed by atoms with Crippen LogP contribution in [0.1, 0.15) is 22.4 Å². The number of hydrogen-bond donors (Lipinski definition) is 0. The first-order valence-electron chi connectivity index (χ1n) is 8.47. The number of halogens is 2. The number of benzene rings is 2. The summed E-state index contributed by atoms with van der Waals surface area (Å²) in [5.74, 6) is -0.251. The second-order valence-corrected chi connectivity index (χ2v) is 7.35. The van der Waals surface area contributed by atoms with Gasteiger partial charge in [-0.3, -0.25) is 0 Å². The molecule has 3 nitrogen and oxygen atoms in total. The molecule has 0 spiro atoms. The summed E-state index contributed by atoms with van der Waals surface area (Å²) in [4.78, 5) is 4.86. The Kier molecular flexibility index (Phi) is 4.51. The Morgan fingerprint density at radius 1 is 1.15 bits per heavy atom. The van der Waals surface area contributed by atoms with E-state index in [-0.39, 0.29) is 5.82 Å². The molecule has 0 fully saturated rings. The van der Waals surface area contributed by atoms with Crippen LogP contribution in [0.5, 0.6) is 0 Å². The summed E-state index contributed by atoms with van der Waals surface area (Å²) in [5.41, 5.74) is 6.14. The van der Waals surface area contributed by atoms with Crippen molar-refractivity contribution in [2.45, 2.75) is 13.3 Å². The van der Waals surface area contributed by atoms with Gasteiger partial charge in [-0.25, -0.2) is 9.37 Å². The Morgan fingerprint density at radius 3 is 2.63 bits per heavy atom. The van der Waals surface area contributed by atoms with Crippen molar-refractivity contribution in [1.29, 1.82) is 5.26 Å². The number of aromatic nitrogens is 2. The summed E-state index contributed by atoms with van der Waals surface area (Å²) < 4.78 is 16.7. The average molecular weight is 420 g/mol. The van der Waals surface area contributed by atoms with Crippen LogP contribution >= 0.6 is 15.9 Å². The molecule has 0 radical (unpaired) electrons. The van der Waals surface area contributed by atoms with Gasteiger partial charge in [0.25, 0.3) is 0 Å². The smallest absolute Gasteiger partial charge is 0.140 e. The van der Waals surface area contributed by atoms with E-state index in [0.29, 0.717) is 12.0 Å². The Hall–Kier alpha value is -2.97. The summed E-state index contributed by atoms with van der Waals surface area (Å²) in [6.45, 7) is 2.02. The zero-order valence-electron chi connectivity index (χ0n) is 14.6. The molecule has 0 bridgehead atoms. The van der Waals surface area contributed by atoms with Crippen LogP contribution in [0, 0.1) is 24.1 Å². The summed E-state index contributed by atoms with van der Waals surface area (Å²) in [5, 5.41) is 9.05. The number of fused-ring (bicyclic) bond motifs is 1. The molecular weight excluding hydrogens is 405 g/mol. The van der Waals surface area contributed by atoms with E-state index >= 15 is 0 Å². The van der Waals surface area contributed by atoms with Crippen LogP contribution in [0.25, 0.3) is 16.9 Å². The predicted molar refractivity (Wildman–Crippen MR) is 107 cm³/mol. The highest BCUT2D eigenvalue weighted by Crippen LogP contribution is 2.29. The number of hydrogen-bond acceptors (Lipinski definition) is 2. The average Bonchev–Trinajstić information content (AvgIpc) is 3.00. The maximum Gasteiger partial charge on any atom is 0.140 e. The Bertz CT molecular complexity index is 1190. The van der Waals surface area contributed by atoms with E-state index in [1.807, 2.05) is 37.4 Å². The van der Waals surface area contributed by atoms with Gasteiger partial charge in [-0.05, 0) is 64.3 Å². The zero-order valence-corrected chi connectivity index (χ0v) is 16.2. The standard InChI is InChI=1S/C22H15BrFN3/c1-14-9-18(23)13-27-20(11-16-3-2-4-19(24)10-16)21(26-22(14)27)17-7-5-15(12-25)6-8-17/h2-10,13H,11H2,1H3. The van der Waals surface area contributed by atoms with E-state index in [0.717, 1.165) is 38.2 Å². The third-order valence-corrected chi connectivity index (χ3v) is 4.95. The van der Waals surface area contributed by atoms with Gasteiger partial charge in [0.1, 0.15) is 11.5 Å². The van der Waals surface area contributed by atoms with E-state index in [2.05, 4.69) is 26.4 Å². The van der Waals surface area contributed by atoms with Crippen LogP contribution in [-0.4, -0.2) is 9.38 Å². The number of imidazole rings is 1. The zero-order chi connectivity index (χ0) is 19.0. The van der Waals surface area contributed by atoms with Gasteiger partial charge in [0.05, 0.1) is 23.0 Å². The molecule has 27 heavy (non-hydrogen) atoms. The minimum atomic E-state index is -0.251. The molecule has 0 unspecified atom stereocenters. The molecule has 0 N–H and O–H groups in total. The van der Waals surface area contributed by atoms with Crippen molar-refractivity contribution in [2.75, 3.05) is 0 Å². The van der Waals surface area contributed by atoms with Gasteiger partial charge in [0, 0.05) is 22.7 Å². The van der Waals surface area contributed by atoms with Crippen molar-refractivity contribution in [1.82, 2.24) is 9.38 Å². The molecule has 2 aromatic carbocycles. The lowest BCUT2D eigenvalue weighted by Crippen LogP contribution is -1.98. The monoisotopic (exact) mass is 419 g/mol. The fourth-order valence-electron chi connectivity index (χ4n) is 3.26. The first-order chi connectivity index (χ1) is 13.0. The highest BCUT2D eigenvalue weighted by Gasteiger charge is 2.17. The quantitative estimate of drug-likeness (QED) is 0.428. The third kappa shape index (κ3) is 3.36. The van der Waals surface area contributed by atoms with E-state index in [1.54, 1.807) is 24.3 Å². The van der Waals surface area contributed by atoms with Crippen LogP contribution < -0.4 is 0 Å². The van der Waals surface area contributed by atoms with E-state index in [1.165, 1.54) is 6.07 Å². The Labute approximate surface area is 164 Å². The topological polar surface area (TPSA) is 41.1 Å². The van der Waals surface area contributed by atoms with Crippen LogP contribution in [-0.2, 0) is 6.42 Å². The second kappa shape index (κ2) is 6.98. The molecule has 4 rings (SSSR count). The first kappa shape index (κ1) is 17.4. The molecule has 0 amide bonds. The summed E-state index contributed by atoms with van der Waals surface area (Å²) in [6, 6.07) is 18.2. The minimum absolute atomic E-state index is 0.251. The number of rotatable bonds is 3. The summed E-state index contributed by atoms with van der Waals surface area (Å²) in [7, 11) is 0. The van der Waals surface area contributed by atoms with Crippen molar-refractivity contribution in [3.63, 3.8) is 0 Å². The van der Waals surface area contributed by atoms with Crippen molar-refractivity contribution in [3.05, 3.63) is 93.5 Å². The first-order valence-corrected chi connectivity index (χ1v) is 9.26. The van der Waals surface area contributed by atoms with Crippen LogP contribution in [0.4, 0.5) is 4.39 Å². The molecule has 2 aromatic heterocycles. The normalized spacial score (nSPS) is 10.9. The highest BCUT2D eigenvalue weighted by atomic mass is 79.9. The number of pyridine rings is 1. The highest BCUT2D eigenvalue weighted by molar-refractivity contribution is 9.10. The number of aryl methyl sites for hydroxylation is 1. The SMILES string of the molecule is Cc1cc(Br)cn2c(Cc3cccc(F)c3)c(-c3ccc(C#N)cc3)nc12. The van der Waals surface area contributed by atoms with Crippen LogP contribution in [0.3, 0.4) is 0 Å². The fraction of sp³-hybridized carbons (Fsp3) is 0.0909. The largest absolute Gasteiger partial charge is 0.302 e. The lowest BCUT2D eigenvalue weighted by atomic mass is 10.0. The van der Waals surface area contributed by atoms with Gasteiger partial charge >= 0.3 is 0 Å². The number of nitriles is 1. The van der Waals surface area contributed by atoms with Crippen LogP contribution in [0.15, 0.2) is 65.3 Å². The van der Waals surface area contributed by atoms with E-state index in [9.17, 15) is 4.39 Å². The van der Waals surface area contributed by atoms with Gasteiger partial charge in [-0.1, -0.05) is 24.3 Å². The summed E-state index contributed by atoms with van der Waals surface area (Å²) >= 11 is 3.55. The maximum atomic E-state index is 13.7. The molecule has 0 atom stereocenters. The van der Waals surface area contributed by atoms with Gasteiger partial charge < -0.3 is 4.40 Å². The molecular formula is C22H15BrFN3. The molecule has 132 valence electrons. The number of nitrogens with zero attached hydrogens (tertiary/aromatic N) is 3. The maximum absolute atomic E-state index is 13.7. The third-order valence-electron chi connectivity index (χ3n) is 4.52. The second-order valence-electron chi connectivity index (χ2n) is 6.44. The minimum Gasteiger partial charge on any atom is -0.302 e. The lowest BCUT2D eigenvalue weighted by Gasteiger charge is -2.07. The predicted octanol–water partition coefficient (Wildman–Crippen LogP) is 5.67. The van der Waals surface area contributed by atoms with Gasteiger partial charge in [0.2, 0.25) is 0 Å². The van der Waals surface area contributed by atoms with E-state index < -0.39 is 0 Å². The van der Waals surface area contributed by atoms with Crippen molar-refractivity contribution in [2.24, 2.45) is 0 Å². The molecule has 0 aliphatic heterocycles. The molecule has 0 aliphatic carbocycles. The fourth-order valence-corrected chi connectivity index (χ4v) is 3.81. The van der Waals surface area contributed by atoms with Gasteiger partial charge in [-0.15, -0.1) is 0 Å². The van der Waals surface area contributed by atoms with Gasteiger partial charge in [-0.2, -0.15) is 5.26 Å².